The Labute approximate surface area is 109 Å². The molecular weight excluding hydrogens is 240 g/mol. The number of nitrogens with zero attached hydrogens (tertiary/aromatic N) is 1. The summed E-state index contributed by atoms with van der Waals surface area (Å²) in [6.45, 7) is 8.04. The normalized spacial score (nSPS) is 21.4. The summed E-state index contributed by atoms with van der Waals surface area (Å²) in [7, 11) is 0. The molecule has 0 radical (unpaired) electrons. The zero-order chi connectivity index (χ0) is 12.9. The first-order chi connectivity index (χ1) is 7.94. The predicted octanol–water partition coefficient (Wildman–Crippen LogP) is 2.21. The van der Waals surface area contributed by atoms with E-state index in [9.17, 15) is 4.79 Å². The second-order valence-electron chi connectivity index (χ2n) is 5.36. The fourth-order valence-corrected chi connectivity index (χ4v) is 2.05. The number of carbonyl (C=O) groups is 1. The van der Waals surface area contributed by atoms with Gasteiger partial charge in [-0.05, 0) is 33.6 Å². The van der Waals surface area contributed by atoms with Gasteiger partial charge in [0.1, 0.15) is 5.60 Å². The van der Waals surface area contributed by atoms with E-state index < -0.39 is 5.60 Å². The van der Waals surface area contributed by atoms with E-state index in [1.54, 1.807) is 0 Å². The summed E-state index contributed by atoms with van der Waals surface area (Å²) in [6.07, 6.45) is 1.64. The van der Waals surface area contributed by atoms with Crippen molar-refractivity contribution in [1.82, 2.24) is 10.2 Å². The monoisotopic (exact) mass is 262 g/mol. The fourth-order valence-electron chi connectivity index (χ4n) is 1.89. The zero-order valence-corrected chi connectivity index (χ0v) is 11.7. The number of hydrogen-bond acceptors (Lipinski definition) is 3. The maximum absolute atomic E-state index is 12.0. The molecule has 1 unspecified atom stereocenters. The highest BCUT2D eigenvalue weighted by molar-refractivity contribution is 6.17. The average Bonchev–Trinajstić information content (AvgIpc) is 2.24. The largest absolute Gasteiger partial charge is 0.444 e. The van der Waals surface area contributed by atoms with Crippen molar-refractivity contribution < 1.29 is 9.53 Å². The highest BCUT2D eigenvalue weighted by atomic mass is 35.5. The number of hydrogen-bond donors (Lipinski definition) is 1. The lowest BCUT2D eigenvalue weighted by atomic mass is 10.1. The zero-order valence-electron chi connectivity index (χ0n) is 11.0. The predicted molar refractivity (Wildman–Crippen MR) is 69.6 cm³/mol. The minimum Gasteiger partial charge on any atom is -0.444 e. The van der Waals surface area contributed by atoms with E-state index in [2.05, 4.69) is 5.32 Å². The van der Waals surface area contributed by atoms with Crippen LogP contribution in [0.1, 0.15) is 33.6 Å². The number of rotatable bonds is 3. The summed E-state index contributed by atoms with van der Waals surface area (Å²) >= 11 is 5.70. The van der Waals surface area contributed by atoms with Crippen molar-refractivity contribution in [2.75, 3.05) is 25.5 Å². The molecule has 1 atom stereocenters. The van der Waals surface area contributed by atoms with E-state index in [1.807, 2.05) is 25.7 Å². The van der Waals surface area contributed by atoms with E-state index in [0.29, 0.717) is 12.4 Å². The van der Waals surface area contributed by atoms with Crippen LogP contribution in [0.5, 0.6) is 0 Å². The third kappa shape index (κ3) is 5.13. The van der Waals surface area contributed by atoms with Gasteiger partial charge in [0.15, 0.2) is 0 Å². The van der Waals surface area contributed by atoms with Crippen LogP contribution < -0.4 is 5.32 Å². The molecule has 1 rings (SSSR count). The van der Waals surface area contributed by atoms with Gasteiger partial charge in [-0.2, -0.15) is 0 Å². The molecule has 1 amide bonds. The van der Waals surface area contributed by atoms with Crippen molar-refractivity contribution in [2.24, 2.45) is 0 Å². The van der Waals surface area contributed by atoms with Crippen molar-refractivity contribution in [3.8, 4) is 0 Å². The van der Waals surface area contributed by atoms with Crippen LogP contribution in [-0.2, 0) is 4.74 Å². The number of piperazine rings is 1. The highest BCUT2D eigenvalue weighted by Crippen LogP contribution is 2.16. The molecule has 0 aliphatic carbocycles. The molecule has 0 aromatic heterocycles. The van der Waals surface area contributed by atoms with Gasteiger partial charge < -0.3 is 15.0 Å². The number of nitrogens with one attached hydrogen (secondary N) is 1. The van der Waals surface area contributed by atoms with Gasteiger partial charge in [-0.25, -0.2) is 4.79 Å². The van der Waals surface area contributed by atoms with Gasteiger partial charge in [0, 0.05) is 31.6 Å². The molecule has 0 saturated carbocycles. The Bertz CT molecular complexity index is 253. The minimum atomic E-state index is -0.432. The van der Waals surface area contributed by atoms with Gasteiger partial charge in [-0.15, -0.1) is 11.6 Å². The molecule has 5 heteroatoms. The van der Waals surface area contributed by atoms with Crippen LogP contribution in [0.15, 0.2) is 0 Å². The molecule has 0 spiro atoms. The van der Waals surface area contributed by atoms with Crippen molar-refractivity contribution in [3.05, 3.63) is 0 Å². The van der Waals surface area contributed by atoms with Gasteiger partial charge >= 0.3 is 6.09 Å². The van der Waals surface area contributed by atoms with Crippen LogP contribution >= 0.6 is 11.6 Å². The second-order valence-corrected chi connectivity index (χ2v) is 5.74. The Morgan fingerprint density at radius 2 is 2.24 bits per heavy atom. The first-order valence-corrected chi connectivity index (χ1v) is 6.74. The maximum Gasteiger partial charge on any atom is 0.410 e. The van der Waals surface area contributed by atoms with E-state index in [4.69, 9.17) is 16.3 Å². The molecule has 0 aromatic carbocycles. The number of carbonyl (C=O) groups excluding carboxylic acids is 1. The SMILES string of the molecule is CC(C)(C)OC(=O)N1CCNCC1CCCCl. The molecular formula is C12H23ClN2O2. The Morgan fingerprint density at radius 3 is 2.82 bits per heavy atom. The molecule has 1 aliphatic rings. The summed E-state index contributed by atoms with van der Waals surface area (Å²) < 4.78 is 5.41. The Balaban J connectivity index is 2.54. The smallest absolute Gasteiger partial charge is 0.410 e. The van der Waals surface area contributed by atoms with Crippen LogP contribution in [0.3, 0.4) is 0 Å². The van der Waals surface area contributed by atoms with E-state index in [1.165, 1.54) is 0 Å². The van der Waals surface area contributed by atoms with Crippen LogP contribution in [-0.4, -0.2) is 48.2 Å². The summed E-state index contributed by atoms with van der Waals surface area (Å²) in [6, 6.07) is 0.206. The van der Waals surface area contributed by atoms with Crippen LogP contribution in [0.25, 0.3) is 0 Å². The molecule has 1 saturated heterocycles. The molecule has 100 valence electrons. The molecule has 1 fully saturated rings. The number of alkyl halides is 1. The molecule has 17 heavy (non-hydrogen) atoms. The Morgan fingerprint density at radius 1 is 1.53 bits per heavy atom. The van der Waals surface area contributed by atoms with Crippen LogP contribution in [0, 0.1) is 0 Å². The van der Waals surface area contributed by atoms with E-state index in [-0.39, 0.29) is 12.1 Å². The molecule has 0 aromatic rings. The first kappa shape index (κ1) is 14.6. The fraction of sp³-hybridized carbons (Fsp3) is 0.917. The van der Waals surface area contributed by atoms with E-state index >= 15 is 0 Å². The first-order valence-electron chi connectivity index (χ1n) is 6.20. The molecule has 0 bridgehead atoms. The Kier molecular flexibility index (Phi) is 5.53. The van der Waals surface area contributed by atoms with Crippen molar-refractivity contribution in [3.63, 3.8) is 0 Å². The lowest BCUT2D eigenvalue weighted by Crippen LogP contribution is -2.54. The van der Waals surface area contributed by atoms with E-state index in [0.717, 1.165) is 25.9 Å². The summed E-state index contributed by atoms with van der Waals surface area (Å²) in [4.78, 5) is 13.9. The average molecular weight is 263 g/mol. The summed E-state index contributed by atoms with van der Waals surface area (Å²) in [5, 5.41) is 3.30. The molecule has 1 heterocycles. The van der Waals surface area contributed by atoms with Crippen LogP contribution in [0.2, 0.25) is 0 Å². The third-order valence-electron chi connectivity index (χ3n) is 2.65. The van der Waals surface area contributed by atoms with Crippen molar-refractivity contribution in [1.29, 1.82) is 0 Å². The second kappa shape index (κ2) is 6.45. The lowest BCUT2D eigenvalue weighted by Gasteiger charge is -2.37. The number of amides is 1. The molecule has 1 N–H and O–H groups in total. The van der Waals surface area contributed by atoms with Crippen LogP contribution in [0.4, 0.5) is 4.79 Å². The van der Waals surface area contributed by atoms with Gasteiger partial charge in [0.2, 0.25) is 0 Å². The maximum atomic E-state index is 12.0. The lowest BCUT2D eigenvalue weighted by molar-refractivity contribution is 0.0111. The molecule has 4 nitrogen and oxygen atoms in total. The van der Waals surface area contributed by atoms with Gasteiger partial charge in [-0.1, -0.05) is 0 Å². The summed E-state index contributed by atoms with van der Waals surface area (Å²) in [5.74, 6) is 0.638. The third-order valence-corrected chi connectivity index (χ3v) is 2.92. The summed E-state index contributed by atoms with van der Waals surface area (Å²) in [5.41, 5.74) is -0.432. The number of halogens is 1. The molecule has 1 aliphatic heterocycles. The van der Waals surface area contributed by atoms with Gasteiger partial charge in [0.05, 0.1) is 0 Å². The topological polar surface area (TPSA) is 41.6 Å². The van der Waals surface area contributed by atoms with Gasteiger partial charge in [-0.3, -0.25) is 0 Å². The highest BCUT2D eigenvalue weighted by Gasteiger charge is 2.29. The number of ether oxygens (including phenoxy) is 1. The van der Waals surface area contributed by atoms with Crippen molar-refractivity contribution >= 4 is 17.7 Å². The van der Waals surface area contributed by atoms with Gasteiger partial charge in [0.25, 0.3) is 0 Å². The minimum absolute atomic E-state index is 0.206. The Hall–Kier alpha value is -0.480. The standard InChI is InChI=1S/C12H23ClN2O2/c1-12(2,3)17-11(16)15-8-7-14-9-10(15)5-4-6-13/h10,14H,4-9H2,1-3H3. The van der Waals surface area contributed by atoms with Crippen molar-refractivity contribution in [2.45, 2.75) is 45.3 Å². The quantitative estimate of drug-likeness (QED) is 0.793.